The van der Waals surface area contributed by atoms with Crippen LogP contribution in [0.4, 0.5) is 10.9 Å². The number of aliphatic carboxylic acids is 1. The molecule has 0 radical (unpaired) electrons. The summed E-state index contributed by atoms with van der Waals surface area (Å²) in [5.74, 6) is -2.87. The number of ether oxygens (including phenoxy) is 1. The number of nitrogens with zero attached hydrogens (tertiary/aromatic N) is 5. The Labute approximate surface area is 282 Å². The number of oxime groups is 1. The van der Waals surface area contributed by atoms with E-state index in [9.17, 15) is 32.5 Å². The summed E-state index contributed by atoms with van der Waals surface area (Å²) >= 11 is 6.95. The molecule has 1 unspecified atom stereocenters. The standard InChI is InChI=1S/C26H32ClN9O10S2/c1-26(2)19(23(38)36(26)46-48(41,42)43)32-22(37)18(17-20(27)47-25(30)31-17)33-45-16(24(39)40)12-44-14-7-5-13(6-8-14)15-11-35(10-4-9-28)34(3)21(15)29/h5-8,11,16,19,29H,4,9-10,12,28H2,1-3H3,(H5,30,31,32,37,39,40,41,42,43)/b33-18-/t16?,19-/m1/s1. The molecule has 0 saturated carbocycles. The Morgan fingerprint density at radius 2 is 1.96 bits per heavy atom. The quantitative estimate of drug-likeness (QED) is 0.0325. The van der Waals surface area contributed by atoms with Crippen LogP contribution in [0.3, 0.4) is 0 Å². The van der Waals surface area contributed by atoms with Crippen LogP contribution >= 0.6 is 22.9 Å². The van der Waals surface area contributed by atoms with Crippen molar-refractivity contribution in [3.8, 4) is 16.9 Å². The lowest BCUT2D eigenvalue weighted by atomic mass is 9.84. The van der Waals surface area contributed by atoms with Crippen molar-refractivity contribution < 1.29 is 51.0 Å². The number of anilines is 2. The summed E-state index contributed by atoms with van der Waals surface area (Å²) in [6, 6.07) is 5.28. The molecule has 260 valence electrons. The third-order valence-electron chi connectivity index (χ3n) is 7.15. The van der Waals surface area contributed by atoms with E-state index in [4.69, 9.17) is 38.4 Å². The minimum Gasteiger partial charge on any atom is -0.724 e. The minimum absolute atomic E-state index is 0.0695. The molecule has 0 aliphatic carbocycles. The molecule has 2 aromatic heterocycles. The molecule has 8 N–H and O–H groups in total. The number of amides is 2. The van der Waals surface area contributed by atoms with Crippen LogP contribution in [0.15, 0.2) is 35.6 Å². The molecular weight excluding hydrogens is 698 g/mol. The third kappa shape index (κ3) is 7.94. The number of hydrogen-bond acceptors (Lipinski definition) is 15. The van der Waals surface area contributed by atoms with Crippen molar-refractivity contribution in [1.29, 1.82) is 0 Å². The van der Waals surface area contributed by atoms with Crippen LogP contribution in [0.2, 0.25) is 4.34 Å². The van der Waals surface area contributed by atoms with Gasteiger partial charge in [-0.3, -0.25) is 15.3 Å². The maximum absolute atomic E-state index is 13.3. The Balaban J connectivity index is 1.49. The number of nitrogens with two attached hydrogens (primary N) is 3. The van der Waals surface area contributed by atoms with E-state index in [1.54, 1.807) is 24.3 Å². The first kappa shape index (κ1) is 36.3. The van der Waals surface area contributed by atoms with Gasteiger partial charge in [-0.05, 0) is 44.5 Å². The number of aromatic nitrogens is 3. The van der Waals surface area contributed by atoms with Gasteiger partial charge in [-0.1, -0.05) is 40.2 Å². The lowest BCUT2D eigenvalue weighted by molar-refractivity contribution is -0.740. The van der Waals surface area contributed by atoms with Gasteiger partial charge in [0.1, 0.15) is 35.5 Å². The molecule has 22 heteroatoms. The molecule has 1 aliphatic heterocycles. The second-order valence-corrected chi connectivity index (χ2v) is 13.4. The summed E-state index contributed by atoms with van der Waals surface area (Å²) in [5.41, 5.74) is 16.7. The first-order valence-electron chi connectivity index (χ1n) is 13.9. The minimum atomic E-state index is -5.29. The molecule has 1 fully saturated rings. The number of benzene rings is 1. The van der Waals surface area contributed by atoms with Gasteiger partial charge in [0.05, 0.1) is 23.8 Å². The second kappa shape index (κ2) is 14.3. The van der Waals surface area contributed by atoms with Crippen molar-refractivity contribution >= 4 is 67.8 Å². The first-order chi connectivity index (χ1) is 22.4. The Hall–Kier alpha value is -4.54. The molecule has 1 aromatic carbocycles. The summed E-state index contributed by atoms with van der Waals surface area (Å²) in [5, 5.41) is 16.0. The first-order valence-corrected chi connectivity index (χ1v) is 16.4. The normalized spacial score (nSPS) is 16.7. The van der Waals surface area contributed by atoms with Gasteiger partial charge in [-0.2, -0.15) is 14.0 Å². The van der Waals surface area contributed by atoms with Gasteiger partial charge in [-0.25, -0.2) is 22.9 Å². The lowest BCUT2D eigenvalue weighted by Gasteiger charge is -2.51. The van der Waals surface area contributed by atoms with E-state index in [0.29, 0.717) is 24.0 Å². The summed E-state index contributed by atoms with van der Waals surface area (Å²) in [4.78, 5) is 46.9. The number of carbonyl (C=O) groups excluding carboxylic acids is 2. The van der Waals surface area contributed by atoms with Crippen LogP contribution in [-0.4, -0.2) is 87.1 Å². The molecule has 3 heterocycles. The maximum Gasteiger partial charge on any atom is 0.351 e. The van der Waals surface area contributed by atoms with E-state index in [2.05, 4.69) is 19.7 Å². The molecule has 3 aromatic rings. The van der Waals surface area contributed by atoms with E-state index in [0.717, 1.165) is 28.9 Å². The molecule has 0 bridgehead atoms. The van der Waals surface area contributed by atoms with Crippen molar-refractivity contribution in [2.45, 2.75) is 44.5 Å². The van der Waals surface area contributed by atoms with E-state index in [1.165, 1.54) is 13.8 Å². The number of nitrogen functional groups attached to an aromatic ring is 2. The van der Waals surface area contributed by atoms with Gasteiger partial charge in [0.15, 0.2) is 10.8 Å². The predicted octanol–water partition coefficient (Wildman–Crippen LogP) is -0.647. The highest BCUT2D eigenvalue weighted by Crippen LogP contribution is 2.33. The fourth-order valence-electron chi connectivity index (χ4n) is 4.54. The Kier molecular flexibility index (Phi) is 10.8. The molecule has 19 nitrogen and oxygen atoms in total. The highest BCUT2D eigenvalue weighted by molar-refractivity contribution is 7.80. The molecule has 2 atom stereocenters. The van der Waals surface area contributed by atoms with Gasteiger partial charge < -0.3 is 36.0 Å². The number of β-lactam (4-membered cyclic amide) rings is 1. The number of carboxylic acid groups (broad SMARTS) is 1. The van der Waals surface area contributed by atoms with Crippen molar-refractivity contribution in [3.63, 3.8) is 0 Å². The molecule has 48 heavy (non-hydrogen) atoms. The third-order valence-corrected chi connectivity index (χ3v) is 8.57. The number of thiazole rings is 1. The number of aryl methyl sites for hydroxylation is 1. The Bertz CT molecular complexity index is 1840. The van der Waals surface area contributed by atoms with Gasteiger partial charge in [0, 0.05) is 0 Å². The number of carboxylic acids is 1. The molecule has 1 aliphatic rings. The van der Waals surface area contributed by atoms with E-state index in [-0.39, 0.29) is 20.9 Å². The van der Waals surface area contributed by atoms with E-state index >= 15 is 0 Å². The molecule has 1 saturated heterocycles. The number of halogens is 1. The topological polar surface area (TPSA) is 284 Å². The zero-order valence-electron chi connectivity index (χ0n) is 25.7. The fourth-order valence-corrected chi connectivity index (χ4v) is 5.92. The van der Waals surface area contributed by atoms with E-state index < -0.39 is 58.2 Å². The van der Waals surface area contributed by atoms with Crippen molar-refractivity contribution in [2.24, 2.45) is 17.9 Å². The van der Waals surface area contributed by atoms with Crippen molar-refractivity contribution in [1.82, 2.24) is 20.0 Å². The van der Waals surface area contributed by atoms with Gasteiger partial charge in [0.25, 0.3) is 17.9 Å². The fraction of sp³-hybridized carbons (Fsp3) is 0.385. The highest BCUT2D eigenvalue weighted by Gasteiger charge is 2.57. The average molecular weight is 730 g/mol. The van der Waals surface area contributed by atoms with Crippen LogP contribution in [0, 0.1) is 0 Å². The summed E-state index contributed by atoms with van der Waals surface area (Å²) in [7, 11) is -3.46. The average Bonchev–Trinajstić information content (AvgIpc) is 3.50. The monoisotopic (exact) mass is 729 g/mol. The zero-order valence-corrected chi connectivity index (χ0v) is 28.0. The highest BCUT2D eigenvalue weighted by atomic mass is 35.5. The number of nitrogens with one attached hydrogen (secondary N) is 1. The van der Waals surface area contributed by atoms with E-state index in [1.807, 2.05) is 22.6 Å². The number of hydroxylamine groups is 2. The van der Waals surface area contributed by atoms with Crippen LogP contribution < -0.4 is 31.9 Å². The number of carbonyl (C=O) groups is 3. The van der Waals surface area contributed by atoms with Crippen LogP contribution in [0.1, 0.15) is 26.0 Å². The molecule has 4 rings (SSSR count). The van der Waals surface area contributed by atoms with Gasteiger partial charge in [-0.15, -0.1) is 0 Å². The summed E-state index contributed by atoms with van der Waals surface area (Å²) < 4.78 is 46.4. The van der Waals surface area contributed by atoms with Crippen molar-refractivity contribution in [3.05, 3.63) is 40.5 Å². The lowest BCUT2D eigenvalue weighted by Crippen LogP contribution is -2.76. The largest absolute Gasteiger partial charge is 0.724 e. The van der Waals surface area contributed by atoms with Crippen molar-refractivity contribution in [2.75, 3.05) is 24.6 Å². The van der Waals surface area contributed by atoms with Gasteiger partial charge in [0.2, 0.25) is 10.4 Å². The van der Waals surface area contributed by atoms with Gasteiger partial charge >= 0.3 is 11.8 Å². The SMILES string of the molecule is C[n+]1c(N)c(-c2ccc(OCC(O/N=C(\C(=O)N[C@@H]3C(=O)N(OS(=O)(=O)[O-])C3(C)C)c3nc(N)sc3Cl)C(=O)O)cc2)cn1CCCN. The molecular formula is C26H32ClN9O10S2. The Morgan fingerprint density at radius 3 is 2.50 bits per heavy atom. The predicted molar refractivity (Wildman–Crippen MR) is 169 cm³/mol. The molecule has 0 spiro atoms. The number of hydrogen-bond donors (Lipinski definition) is 5. The second-order valence-electron chi connectivity index (χ2n) is 10.8. The molecule has 2 amide bonds. The summed E-state index contributed by atoms with van der Waals surface area (Å²) in [6.45, 7) is 3.27. The summed E-state index contributed by atoms with van der Waals surface area (Å²) in [6.07, 6.45) is 0.916. The van der Waals surface area contributed by atoms with Crippen LogP contribution in [0.25, 0.3) is 11.1 Å². The zero-order chi connectivity index (χ0) is 35.6. The van der Waals surface area contributed by atoms with Crippen LogP contribution in [0.5, 0.6) is 5.75 Å². The van der Waals surface area contributed by atoms with Crippen LogP contribution in [-0.2, 0) is 47.5 Å². The maximum atomic E-state index is 13.3. The Morgan fingerprint density at radius 1 is 1.29 bits per heavy atom. The smallest absolute Gasteiger partial charge is 0.351 e. The number of rotatable bonds is 15.